The molecule has 0 saturated carbocycles. The normalized spacial score (nSPS) is 11.6. The second-order valence-electron chi connectivity index (χ2n) is 2.72. The van der Waals surface area contributed by atoms with Gasteiger partial charge >= 0.3 is 6.36 Å². The van der Waals surface area contributed by atoms with Crippen molar-refractivity contribution in [2.75, 3.05) is 0 Å². The Morgan fingerprint density at radius 2 is 2.12 bits per heavy atom. The number of alkyl halides is 4. The molecule has 0 aliphatic heterocycles. The van der Waals surface area contributed by atoms with Crippen molar-refractivity contribution in [1.82, 2.24) is 4.98 Å². The van der Waals surface area contributed by atoms with E-state index in [2.05, 4.69) is 9.72 Å². The first-order valence-electron chi connectivity index (χ1n) is 3.98. The molecule has 90 valence electrons. The highest BCUT2D eigenvalue weighted by molar-refractivity contribution is 14.1. The minimum atomic E-state index is -4.82. The van der Waals surface area contributed by atoms with Crippen molar-refractivity contribution < 1.29 is 23.0 Å². The molecule has 0 fully saturated rings. The van der Waals surface area contributed by atoms with Crippen molar-refractivity contribution in [3.63, 3.8) is 0 Å². The van der Waals surface area contributed by atoms with E-state index in [1.54, 1.807) is 22.6 Å². The first-order chi connectivity index (χ1) is 7.39. The maximum atomic E-state index is 12.1. The summed E-state index contributed by atoms with van der Waals surface area (Å²) < 4.78 is 40.5. The lowest BCUT2D eigenvalue weighted by Gasteiger charge is -2.15. The summed E-state index contributed by atoms with van der Waals surface area (Å²) >= 11 is 7.18. The van der Waals surface area contributed by atoms with Crippen LogP contribution in [0.2, 0.25) is 0 Å². The minimum absolute atomic E-state index is 0.0175. The molecule has 3 nitrogen and oxygen atoms in total. The van der Waals surface area contributed by atoms with Crippen LogP contribution in [0.15, 0.2) is 6.20 Å². The van der Waals surface area contributed by atoms with Gasteiger partial charge in [-0.1, -0.05) is 0 Å². The predicted octanol–water partition coefficient (Wildman–Crippen LogP) is 2.82. The summed E-state index contributed by atoms with van der Waals surface area (Å²) in [5.41, 5.74) is 0.0690. The summed E-state index contributed by atoms with van der Waals surface area (Å²) in [6.07, 6.45) is -3.63. The molecular weight excluding hydrogens is 361 g/mol. The van der Waals surface area contributed by atoms with Crippen molar-refractivity contribution in [3.05, 3.63) is 21.0 Å². The summed E-state index contributed by atoms with van der Waals surface area (Å²) in [7, 11) is 0. The fraction of sp³-hybridized carbons (Fsp3) is 0.375. The molecule has 8 heteroatoms. The highest BCUT2D eigenvalue weighted by Gasteiger charge is 2.33. The molecule has 1 heterocycles. The van der Waals surface area contributed by atoms with Crippen LogP contribution in [0.5, 0.6) is 5.75 Å². The third-order valence-electron chi connectivity index (χ3n) is 1.67. The van der Waals surface area contributed by atoms with E-state index >= 15 is 0 Å². The molecule has 16 heavy (non-hydrogen) atoms. The van der Waals surface area contributed by atoms with Crippen molar-refractivity contribution in [2.45, 2.75) is 18.8 Å². The molecule has 0 unspecified atom stereocenters. The molecule has 1 aromatic heterocycles. The first-order valence-corrected chi connectivity index (χ1v) is 5.59. The van der Waals surface area contributed by atoms with Crippen LogP contribution < -0.4 is 4.74 Å². The number of aliphatic hydroxyl groups is 1. The molecule has 0 aliphatic rings. The fourth-order valence-corrected chi connectivity index (χ4v) is 1.78. The molecule has 0 atom stereocenters. The number of halogens is 5. The Morgan fingerprint density at radius 3 is 2.56 bits per heavy atom. The van der Waals surface area contributed by atoms with Gasteiger partial charge < -0.3 is 9.84 Å². The lowest BCUT2D eigenvalue weighted by atomic mass is 10.2. The summed E-state index contributed by atoms with van der Waals surface area (Å²) in [6.45, 7) is -0.596. The summed E-state index contributed by atoms with van der Waals surface area (Å²) in [5, 5.41) is 8.98. The predicted molar refractivity (Wildman–Crippen MR) is 59.1 cm³/mol. The molecule has 0 spiro atoms. The number of aromatic nitrogens is 1. The van der Waals surface area contributed by atoms with Gasteiger partial charge in [-0.05, 0) is 22.6 Å². The van der Waals surface area contributed by atoms with Gasteiger partial charge in [-0.15, -0.1) is 24.8 Å². The Hall–Kier alpha value is -0.280. The Balaban J connectivity index is 3.25. The molecule has 0 bridgehead atoms. The SMILES string of the molecule is OCc1c(I)ncc(CCl)c1OC(F)(F)F. The number of hydrogen-bond acceptors (Lipinski definition) is 3. The molecule has 1 N–H and O–H groups in total. The monoisotopic (exact) mass is 367 g/mol. The summed E-state index contributed by atoms with van der Waals surface area (Å²) in [5.74, 6) is -0.646. The number of aliphatic hydroxyl groups excluding tert-OH is 1. The maximum Gasteiger partial charge on any atom is 0.573 e. The van der Waals surface area contributed by atoms with Gasteiger partial charge in [0.05, 0.1) is 18.1 Å². The van der Waals surface area contributed by atoms with Crippen LogP contribution in [0.1, 0.15) is 11.1 Å². The van der Waals surface area contributed by atoms with Gasteiger partial charge in [-0.3, -0.25) is 0 Å². The molecule has 0 radical (unpaired) electrons. The van der Waals surface area contributed by atoms with Gasteiger partial charge in [-0.2, -0.15) is 0 Å². The largest absolute Gasteiger partial charge is 0.573 e. The van der Waals surface area contributed by atoms with Gasteiger partial charge in [0, 0.05) is 11.8 Å². The lowest BCUT2D eigenvalue weighted by molar-refractivity contribution is -0.275. The van der Waals surface area contributed by atoms with E-state index in [4.69, 9.17) is 16.7 Å². The van der Waals surface area contributed by atoms with Crippen LogP contribution in [0.4, 0.5) is 13.2 Å². The molecule has 1 aromatic rings. The van der Waals surface area contributed by atoms with Gasteiger partial charge in [0.1, 0.15) is 9.45 Å². The lowest BCUT2D eigenvalue weighted by Crippen LogP contribution is -2.20. The van der Waals surface area contributed by atoms with E-state index in [-0.39, 0.29) is 20.7 Å². The Labute approximate surface area is 108 Å². The van der Waals surface area contributed by atoms with Crippen LogP contribution in [-0.4, -0.2) is 16.5 Å². The third-order valence-corrected chi connectivity index (χ3v) is 2.89. The van der Waals surface area contributed by atoms with Crippen LogP contribution >= 0.6 is 34.2 Å². The van der Waals surface area contributed by atoms with E-state index in [9.17, 15) is 13.2 Å². The number of rotatable bonds is 3. The highest BCUT2D eigenvalue weighted by Crippen LogP contribution is 2.32. The van der Waals surface area contributed by atoms with E-state index < -0.39 is 18.7 Å². The van der Waals surface area contributed by atoms with Crippen molar-refractivity contribution >= 4 is 34.2 Å². The van der Waals surface area contributed by atoms with Crippen molar-refractivity contribution in [1.29, 1.82) is 0 Å². The summed E-state index contributed by atoms with van der Waals surface area (Å²) in [6, 6.07) is 0. The van der Waals surface area contributed by atoms with Gasteiger partial charge in [-0.25, -0.2) is 4.98 Å². The summed E-state index contributed by atoms with van der Waals surface area (Å²) in [4.78, 5) is 3.81. The third kappa shape index (κ3) is 3.36. The minimum Gasteiger partial charge on any atom is -0.405 e. The molecule has 1 rings (SSSR count). The van der Waals surface area contributed by atoms with E-state index in [1.165, 1.54) is 6.20 Å². The van der Waals surface area contributed by atoms with Crippen LogP contribution in [-0.2, 0) is 12.5 Å². The molecular formula is C8H6ClF3INO2. The Kier molecular flexibility index (Phi) is 4.62. The molecule has 0 aromatic carbocycles. The molecule has 0 amide bonds. The van der Waals surface area contributed by atoms with Crippen molar-refractivity contribution in [3.8, 4) is 5.75 Å². The Morgan fingerprint density at radius 1 is 1.50 bits per heavy atom. The zero-order valence-electron chi connectivity index (χ0n) is 7.68. The van der Waals surface area contributed by atoms with Crippen molar-refractivity contribution in [2.24, 2.45) is 0 Å². The number of hydrogen-bond donors (Lipinski definition) is 1. The second-order valence-corrected chi connectivity index (χ2v) is 4.01. The van der Waals surface area contributed by atoms with Gasteiger partial charge in [0.25, 0.3) is 0 Å². The zero-order chi connectivity index (χ0) is 12.3. The number of pyridine rings is 1. The number of ether oxygens (including phenoxy) is 1. The smallest absolute Gasteiger partial charge is 0.405 e. The van der Waals surface area contributed by atoms with E-state index in [1.807, 2.05) is 0 Å². The average Bonchev–Trinajstić information content (AvgIpc) is 2.16. The van der Waals surface area contributed by atoms with E-state index in [0.717, 1.165) is 0 Å². The van der Waals surface area contributed by atoms with E-state index in [0.29, 0.717) is 0 Å². The standard InChI is InChI=1S/C8H6ClF3INO2/c9-1-4-2-14-7(13)5(3-15)6(4)16-8(10,11)12/h2,15H,1,3H2. The zero-order valence-corrected chi connectivity index (χ0v) is 10.6. The molecule has 0 aliphatic carbocycles. The fourth-order valence-electron chi connectivity index (χ4n) is 1.03. The maximum absolute atomic E-state index is 12.1. The van der Waals surface area contributed by atoms with Crippen LogP contribution in [0.3, 0.4) is 0 Å². The highest BCUT2D eigenvalue weighted by atomic mass is 127. The van der Waals surface area contributed by atoms with Crippen LogP contribution in [0.25, 0.3) is 0 Å². The first kappa shape index (κ1) is 13.8. The van der Waals surface area contributed by atoms with Gasteiger partial charge in [0.15, 0.2) is 0 Å². The topological polar surface area (TPSA) is 42.4 Å². The second kappa shape index (κ2) is 5.37. The quantitative estimate of drug-likeness (QED) is 0.507. The number of nitrogens with zero attached hydrogens (tertiary/aromatic N) is 1. The van der Waals surface area contributed by atoms with Gasteiger partial charge in [0.2, 0.25) is 0 Å². The Bertz CT molecular complexity index is 386. The van der Waals surface area contributed by atoms with Crippen LogP contribution in [0, 0.1) is 3.70 Å². The molecule has 0 saturated heterocycles. The average molecular weight is 367 g/mol.